The van der Waals surface area contributed by atoms with Crippen LogP contribution in [0.15, 0.2) is 54.7 Å². The van der Waals surface area contributed by atoms with Gasteiger partial charge in [0.2, 0.25) is 0 Å². The average Bonchev–Trinajstić information content (AvgIpc) is 3.20. The molecule has 0 aliphatic carbocycles. The number of benzene rings is 2. The van der Waals surface area contributed by atoms with Crippen molar-refractivity contribution in [1.29, 1.82) is 0 Å². The number of ketones is 1. The Hall–Kier alpha value is -3.32. The molecule has 6 nitrogen and oxygen atoms in total. The monoisotopic (exact) mass is 406 g/mol. The molecule has 1 fully saturated rings. The molecule has 1 aliphatic heterocycles. The molecule has 0 spiro atoms. The first kappa shape index (κ1) is 20.0. The summed E-state index contributed by atoms with van der Waals surface area (Å²) < 4.78 is 15.5. The number of piperidine rings is 1. The normalized spacial score (nSPS) is 14.5. The van der Waals surface area contributed by atoms with Crippen LogP contribution in [0.25, 0.3) is 5.69 Å². The molecule has 0 unspecified atom stereocenters. The number of carbonyl (C=O) groups excluding carboxylic acids is 2. The van der Waals surface area contributed by atoms with Crippen molar-refractivity contribution < 1.29 is 14.0 Å². The molecule has 0 bridgehead atoms. The number of hydrogen-bond donors (Lipinski definition) is 2. The number of anilines is 1. The molecule has 154 valence electrons. The van der Waals surface area contributed by atoms with Gasteiger partial charge in [-0.3, -0.25) is 9.59 Å². The van der Waals surface area contributed by atoms with Crippen LogP contribution in [0.5, 0.6) is 0 Å². The number of aromatic nitrogens is 2. The minimum absolute atomic E-state index is 0.0301. The minimum atomic E-state index is -0.351. The fourth-order valence-corrected chi connectivity index (χ4v) is 3.82. The predicted octanol–water partition coefficient (Wildman–Crippen LogP) is 3.93. The first-order valence-corrected chi connectivity index (χ1v) is 10.00. The number of Topliss-reactive ketones (excluding diaryl/α,β-unsaturated/α-hetero) is 1. The zero-order chi connectivity index (χ0) is 21.1. The standard InChI is InChI=1S/C23H23FN4O2/c1-15(29)16-5-7-19(8-6-16)27-23(30)21-14-26-28(20-4-2-3-18(24)13-20)22(21)17-9-11-25-12-10-17/h2-8,13-14,17,25H,9-12H2,1H3,(H,27,30). The van der Waals surface area contributed by atoms with E-state index in [4.69, 9.17) is 0 Å². The highest BCUT2D eigenvalue weighted by Gasteiger charge is 2.27. The molecule has 4 rings (SSSR count). The Labute approximate surface area is 174 Å². The highest BCUT2D eigenvalue weighted by atomic mass is 19.1. The number of nitrogens with one attached hydrogen (secondary N) is 2. The van der Waals surface area contributed by atoms with Gasteiger partial charge in [-0.1, -0.05) is 6.07 Å². The molecule has 0 saturated carbocycles. The molecule has 1 aromatic heterocycles. The highest BCUT2D eigenvalue weighted by Crippen LogP contribution is 2.31. The first-order valence-electron chi connectivity index (χ1n) is 10.00. The lowest BCUT2D eigenvalue weighted by molar-refractivity contribution is 0.101. The van der Waals surface area contributed by atoms with Crippen molar-refractivity contribution >= 4 is 17.4 Å². The minimum Gasteiger partial charge on any atom is -0.322 e. The Kier molecular flexibility index (Phi) is 5.72. The number of nitrogens with zero attached hydrogens (tertiary/aromatic N) is 2. The van der Waals surface area contributed by atoms with Gasteiger partial charge >= 0.3 is 0 Å². The van der Waals surface area contributed by atoms with E-state index in [1.165, 1.54) is 19.1 Å². The summed E-state index contributed by atoms with van der Waals surface area (Å²) >= 11 is 0. The molecule has 2 aromatic carbocycles. The van der Waals surface area contributed by atoms with E-state index in [2.05, 4.69) is 15.7 Å². The zero-order valence-corrected chi connectivity index (χ0v) is 16.7. The summed E-state index contributed by atoms with van der Waals surface area (Å²) in [5, 5.41) is 10.6. The Balaban J connectivity index is 1.68. The summed E-state index contributed by atoms with van der Waals surface area (Å²) in [5.74, 6) is -0.520. The quantitative estimate of drug-likeness (QED) is 0.630. The van der Waals surface area contributed by atoms with E-state index in [0.717, 1.165) is 31.6 Å². The summed E-state index contributed by atoms with van der Waals surface area (Å²) in [4.78, 5) is 24.5. The molecular formula is C23H23FN4O2. The van der Waals surface area contributed by atoms with Crippen molar-refractivity contribution in [3.05, 3.63) is 77.4 Å². The van der Waals surface area contributed by atoms with Gasteiger partial charge in [-0.2, -0.15) is 5.10 Å². The molecule has 30 heavy (non-hydrogen) atoms. The third-order valence-corrected chi connectivity index (χ3v) is 5.38. The summed E-state index contributed by atoms with van der Waals surface area (Å²) in [5.41, 5.74) is 3.04. The summed E-state index contributed by atoms with van der Waals surface area (Å²) in [6.07, 6.45) is 3.28. The molecular weight excluding hydrogens is 383 g/mol. The van der Waals surface area contributed by atoms with Crippen molar-refractivity contribution in [1.82, 2.24) is 15.1 Å². The topological polar surface area (TPSA) is 76.0 Å². The molecule has 2 N–H and O–H groups in total. The second-order valence-corrected chi connectivity index (χ2v) is 7.45. The molecule has 1 aliphatic rings. The fourth-order valence-electron chi connectivity index (χ4n) is 3.82. The van der Waals surface area contributed by atoms with Crippen molar-refractivity contribution in [3.63, 3.8) is 0 Å². The third kappa shape index (κ3) is 4.16. The lowest BCUT2D eigenvalue weighted by Gasteiger charge is -2.24. The van der Waals surface area contributed by atoms with Gasteiger partial charge in [-0.25, -0.2) is 9.07 Å². The van der Waals surface area contributed by atoms with Crippen LogP contribution in [-0.4, -0.2) is 34.6 Å². The van der Waals surface area contributed by atoms with E-state index >= 15 is 0 Å². The van der Waals surface area contributed by atoms with E-state index < -0.39 is 0 Å². The van der Waals surface area contributed by atoms with Gasteiger partial charge in [0.25, 0.3) is 5.91 Å². The van der Waals surface area contributed by atoms with Crippen LogP contribution in [-0.2, 0) is 0 Å². The molecule has 3 aromatic rings. The van der Waals surface area contributed by atoms with Crippen molar-refractivity contribution in [2.75, 3.05) is 18.4 Å². The highest BCUT2D eigenvalue weighted by molar-refractivity contribution is 6.05. The number of rotatable bonds is 5. The molecule has 7 heteroatoms. The van der Waals surface area contributed by atoms with Gasteiger partial charge in [0, 0.05) is 17.2 Å². The summed E-state index contributed by atoms with van der Waals surface area (Å²) in [6, 6.07) is 13.0. The molecule has 1 amide bonds. The second kappa shape index (κ2) is 8.59. The van der Waals surface area contributed by atoms with Crippen LogP contribution in [0.2, 0.25) is 0 Å². The second-order valence-electron chi connectivity index (χ2n) is 7.45. The fraction of sp³-hybridized carbons (Fsp3) is 0.261. The van der Waals surface area contributed by atoms with E-state index in [1.807, 2.05) is 0 Å². The van der Waals surface area contributed by atoms with Crippen LogP contribution < -0.4 is 10.6 Å². The smallest absolute Gasteiger partial charge is 0.259 e. The molecule has 0 radical (unpaired) electrons. The van der Waals surface area contributed by atoms with E-state index in [1.54, 1.807) is 47.3 Å². The van der Waals surface area contributed by atoms with Gasteiger partial charge in [0.1, 0.15) is 5.82 Å². The van der Waals surface area contributed by atoms with E-state index in [0.29, 0.717) is 22.5 Å². The lowest BCUT2D eigenvalue weighted by Crippen LogP contribution is -2.29. The maximum absolute atomic E-state index is 13.8. The lowest BCUT2D eigenvalue weighted by atomic mass is 9.91. The van der Waals surface area contributed by atoms with Crippen LogP contribution in [0, 0.1) is 5.82 Å². The van der Waals surface area contributed by atoms with Crippen molar-refractivity contribution in [2.45, 2.75) is 25.7 Å². The molecule has 2 heterocycles. The van der Waals surface area contributed by atoms with Gasteiger partial charge < -0.3 is 10.6 Å². The number of hydrogen-bond acceptors (Lipinski definition) is 4. The van der Waals surface area contributed by atoms with Gasteiger partial charge in [0.05, 0.1) is 23.1 Å². The SMILES string of the molecule is CC(=O)c1ccc(NC(=O)c2cnn(-c3cccc(F)c3)c2C2CCNCC2)cc1. The van der Waals surface area contributed by atoms with Gasteiger partial charge in [0.15, 0.2) is 5.78 Å². The molecule has 1 saturated heterocycles. The molecule has 0 atom stereocenters. The Morgan fingerprint density at radius 3 is 2.53 bits per heavy atom. The van der Waals surface area contributed by atoms with Crippen molar-refractivity contribution in [2.24, 2.45) is 0 Å². The Morgan fingerprint density at radius 2 is 1.87 bits per heavy atom. The zero-order valence-electron chi connectivity index (χ0n) is 16.7. The maximum atomic E-state index is 13.8. The van der Waals surface area contributed by atoms with Crippen molar-refractivity contribution in [3.8, 4) is 5.69 Å². The third-order valence-electron chi connectivity index (χ3n) is 5.38. The van der Waals surface area contributed by atoms with Gasteiger partial charge in [-0.05, 0) is 75.3 Å². The summed E-state index contributed by atoms with van der Waals surface area (Å²) in [6.45, 7) is 3.21. The Bertz CT molecular complexity index is 1070. The van der Waals surface area contributed by atoms with Crippen LogP contribution in [0.3, 0.4) is 0 Å². The Morgan fingerprint density at radius 1 is 1.13 bits per heavy atom. The summed E-state index contributed by atoms with van der Waals surface area (Å²) in [7, 11) is 0. The van der Waals surface area contributed by atoms with E-state index in [-0.39, 0.29) is 23.4 Å². The van der Waals surface area contributed by atoms with Crippen LogP contribution in [0.4, 0.5) is 10.1 Å². The largest absolute Gasteiger partial charge is 0.322 e. The number of amides is 1. The first-order chi connectivity index (χ1) is 14.5. The maximum Gasteiger partial charge on any atom is 0.259 e. The predicted molar refractivity (Wildman–Crippen MR) is 113 cm³/mol. The number of carbonyl (C=O) groups is 2. The van der Waals surface area contributed by atoms with Gasteiger partial charge in [-0.15, -0.1) is 0 Å². The number of halogens is 1. The van der Waals surface area contributed by atoms with Crippen LogP contribution in [0.1, 0.15) is 52.1 Å². The van der Waals surface area contributed by atoms with E-state index in [9.17, 15) is 14.0 Å². The average molecular weight is 406 g/mol. The van der Waals surface area contributed by atoms with Crippen LogP contribution >= 0.6 is 0 Å².